The molecule has 0 saturated carbocycles. The molecule has 1 aliphatic rings. The second-order valence-corrected chi connectivity index (χ2v) is 3.47. The molecule has 1 fully saturated rings. The van der Waals surface area contributed by atoms with Crippen LogP contribution in [0.25, 0.3) is 0 Å². The van der Waals surface area contributed by atoms with E-state index in [0.29, 0.717) is 11.5 Å². The van der Waals surface area contributed by atoms with Crippen molar-refractivity contribution in [3.05, 3.63) is 12.4 Å². The van der Waals surface area contributed by atoms with Crippen molar-refractivity contribution in [2.45, 2.75) is 18.9 Å². The maximum atomic E-state index is 8.91. The second-order valence-electron chi connectivity index (χ2n) is 3.47. The maximum absolute atomic E-state index is 8.91. The van der Waals surface area contributed by atoms with Crippen molar-refractivity contribution in [1.82, 2.24) is 9.78 Å². The largest absolute Gasteiger partial charge is 0.491 e. The molecule has 0 atom stereocenters. The predicted octanol–water partition coefficient (Wildman–Crippen LogP) is -1.09. The number of nitrogens with zero attached hydrogens (tertiary/aromatic N) is 2. The van der Waals surface area contributed by atoms with Crippen LogP contribution in [-0.4, -0.2) is 40.2 Å². The third-order valence-corrected chi connectivity index (χ3v) is 2.48. The highest BCUT2D eigenvalue weighted by Gasteiger charge is 2.19. The molecule has 76 valence electrons. The van der Waals surface area contributed by atoms with E-state index < -0.39 is 7.12 Å². The molecule has 0 radical (unpaired) electrons. The van der Waals surface area contributed by atoms with Crippen LogP contribution >= 0.6 is 0 Å². The van der Waals surface area contributed by atoms with Gasteiger partial charge in [-0.25, -0.2) is 0 Å². The van der Waals surface area contributed by atoms with Crippen LogP contribution in [0.1, 0.15) is 18.9 Å². The first-order valence-electron chi connectivity index (χ1n) is 4.75. The fourth-order valence-electron chi connectivity index (χ4n) is 1.64. The Morgan fingerprint density at radius 2 is 2.14 bits per heavy atom. The summed E-state index contributed by atoms with van der Waals surface area (Å²) in [7, 11) is -1.43. The highest BCUT2D eigenvalue weighted by Crippen LogP contribution is 2.18. The molecule has 0 unspecified atom stereocenters. The Labute approximate surface area is 82.5 Å². The summed E-state index contributed by atoms with van der Waals surface area (Å²) in [6.07, 6.45) is 5.03. The van der Waals surface area contributed by atoms with Gasteiger partial charge in [-0.1, -0.05) is 0 Å². The molecule has 1 aromatic rings. The molecule has 2 N–H and O–H groups in total. The fourth-order valence-corrected chi connectivity index (χ4v) is 1.64. The van der Waals surface area contributed by atoms with Gasteiger partial charge in [0.2, 0.25) is 0 Å². The van der Waals surface area contributed by atoms with Gasteiger partial charge in [0.1, 0.15) is 0 Å². The quantitative estimate of drug-likeness (QED) is 0.590. The second kappa shape index (κ2) is 4.12. The molecule has 0 bridgehead atoms. The van der Waals surface area contributed by atoms with E-state index in [4.69, 9.17) is 14.8 Å². The van der Waals surface area contributed by atoms with Gasteiger partial charge < -0.3 is 14.8 Å². The summed E-state index contributed by atoms with van der Waals surface area (Å²) >= 11 is 0. The zero-order valence-electron chi connectivity index (χ0n) is 7.83. The summed E-state index contributed by atoms with van der Waals surface area (Å²) < 4.78 is 7.02. The number of hydrogen-bond donors (Lipinski definition) is 2. The predicted molar refractivity (Wildman–Crippen MR) is 51.1 cm³/mol. The summed E-state index contributed by atoms with van der Waals surface area (Å²) in [5.74, 6) is 0. The third kappa shape index (κ3) is 1.97. The normalized spacial score (nSPS) is 18.4. The van der Waals surface area contributed by atoms with Gasteiger partial charge in [0.05, 0.1) is 6.04 Å². The average molecular weight is 196 g/mol. The standard InChI is InChI=1S/C8H13BN2O3/c12-9(13)7-5-10-11(6-7)8-1-3-14-4-2-8/h5-6,8,12-13H,1-4H2. The van der Waals surface area contributed by atoms with Gasteiger partial charge >= 0.3 is 7.12 Å². The Balaban J connectivity index is 2.07. The van der Waals surface area contributed by atoms with Crippen molar-refractivity contribution in [1.29, 1.82) is 0 Å². The van der Waals surface area contributed by atoms with Crippen molar-refractivity contribution in [3.8, 4) is 0 Å². The van der Waals surface area contributed by atoms with Gasteiger partial charge in [-0.05, 0) is 12.8 Å². The van der Waals surface area contributed by atoms with E-state index in [1.807, 2.05) is 0 Å². The maximum Gasteiger partial charge on any atom is 0.491 e. The lowest BCUT2D eigenvalue weighted by Crippen LogP contribution is -2.29. The van der Waals surface area contributed by atoms with Crippen molar-refractivity contribution in [2.24, 2.45) is 0 Å². The van der Waals surface area contributed by atoms with E-state index in [2.05, 4.69) is 5.10 Å². The Morgan fingerprint density at radius 1 is 1.43 bits per heavy atom. The van der Waals surface area contributed by atoms with Crippen molar-refractivity contribution < 1.29 is 14.8 Å². The van der Waals surface area contributed by atoms with E-state index in [1.54, 1.807) is 10.9 Å². The highest BCUT2D eigenvalue weighted by molar-refractivity contribution is 6.58. The van der Waals surface area contributed by atoms with E-state index in [-0.39, 0.29) is 0 Å². The number of rotatable bonds is 2. The minimum absolute atomic E-state index is 0.330. The van der Waals surface area contributed by atoms with Gasteiger partial charge in [-0.2, -0.15) is 5.10 Å². The van der Waals surface area contributed by atoms with Crippen LogP contribution in [-0.2, 0) is 4.74 Å². The zero-order valence-corrected chi connectivity index (χ0v) is 7.83. The lowest BCUT2D eigenvalue weighted by molar-refractivity contribution is 0.0662. The smallest absolute Gasteiger partial charge is 0.423 e. The minimum atomic E-state index is -1.43. The average Bonchev–Trinajstić information content (AvgIpc) is 2.68. The monoisotopic (exact) mass is 196 g/mol. The Morgan fingerprint density at radius 3 is 2.71 bits per heavy atom. The molecule has 1 aliphatic heterocycles. The molecule has 0 amide bonds. The van der Waals surface area contributed by atoms with E-state index in [0.717, 1.165) is 26.1 Å². The van der Waals surface area contributed by atoms with E-state index >= 15 is 0 Å². The Kier molecular flexibility index (Phi) is 2.86. The first-order valence-corrected chi connectivity index (χ1v) is 4.75. The van der Waals surface area contributed by atoms with Crippen LogP contribution in [0.4, 0.5) is 0 Å². The summed E-state index contributed by atoms with van der Waals surface area (Å²) in [6, 6.07) is 0.330. The van der Waals surface area contributed by atoms with Crippen LogP contribution in [0, 0.1) is 0 Å². The molecule has 14 heavy (non-hydrogen) atoms. The number of ether oxygens (including phenoxy) is 1. The molecule has 6 heteroatoms. The SMILES string of the molecule is OB(O)c1cnn(C2CCOCC2)c1. The molecule has 0 spiro atoms. The van der Waals surface area contributed by atoms with Gasteiger partial charge in [-0.3, -0.25) is 4.68 Å². The molecular weight excluding hydrogens is 183 g/mol. The molecule has 2 rings (SSSR count). The lowest BCUT2D eigenvalue weighted by Gasteiger charge is -2.22. The van der Waals surface area contributed by atoms with Gasteiger partial charge in [0.15, 0.2) is 0 Å². The van der Waals surface area contributed by atoms with Crippen molar-refractivity contribution >= 4 is 12.6 Å². The van der Waals surface area contributed by atoms with E-state index in [9.17, 15) is 0 Å². The van der Waals surface area contributed by atoms with Gasteiger partial charge in [-0.15, -0.1) is 0 Å². The minimum Gasteiger partial charge on any atom is -0.423 e. The first-order chi connectivity index (χ1) is 6.77. The van der Waals surface area contributed by atoms with Crippen LogP contribution in [0.2, 0.25) is 0 Å². The summed E-state index contributed by atoms with van der Waals surface area (Å²) in [4.78, 5) is 0. The van der Waals surface area contributed by atoms with Crippen molar-refractivity contribution in [2.75, 3.05) is 13.2 Å². The zero-order chi connectivity index (χ0) is 9.97. The fraction of sp³-hybridized carbons (Fsp3) is 0.625. The number of hydrogen-bond acceptors (Lipinski definition) is 4. The van der Waals surface area contributed by atoms with Gasteiger partial charge in [0.25, 0.3) is 0 Å². The molecule has 1 saturated heterocycles. The van der Waals surface area contributed by atoms with E-state index in [1.165, 1.54) is 6.20 Å². The van der Waals surface area contributed by atoms with Gasteiger partial charge in [0, 0.05) is 31.1 Å². The molecule has 0 aliphatic carbocycles. The molecule has 1 aromatic heterocycles. The molecule has 0 aromatic carbocycles. The summed E-state index contributed by atoms with van der Waals surface area (Å²) in [5.41, 5.74) is 0.441. The van der Waals surface area contributed by atoms with Crippen molar-refractivity contribution in [3.63, 3.8) is 0 Å². The first kappa shape index (κ1) is 9.70. The highest BCUT2D eigenvalue weighted by atomic mass is 16.5. The van der Waals surface area contributed by atoms with Crippen LogP contribution in [0.3, 0.4) is 0 Å². The Bertz CT molecular complexity index is 297. The topological polar surface area (TPSA) is 67.5 Å². The lowest BCUT2D eigenvalue weighted by atomic mass is 9.83. The summed E-state index contributed by atoms with van der Waals surface area (Å²) in [6.45, 7) is 1.50. The van der Waals surface area contributed by atoms with Crippen LogP contribution < -0.4 is 5.46 Å². The molecule has 2 heterocycles. The molecular formula is C8H13BN2O3. The Hall–Kier alpha value is -0.845. The van der Waals surface area contributed by atoms with Crippen LogP contribution in [0.15, 0.2) is 12.4 Å². The third-order valence-electron chi connectivity index (χ3n) is 2.48. The van der Waals surface area contributed by atoms with Crippen LogP contribution in [0.5, 0.6) is 0 Å². The number of aromatic nitrogens is 2. The summed E-state index contributed by atoms with van der Waals surface area (Å²) in [5, 5.41) is 21.9. The molecule has 5 nitrogen and oxygen atoms in total.